The van der Waals surface area contributed by atoms with Gasteiger partial charge in [-0.05, 0) is 50.7 Å². The van der Waals surface area contributed by atoms with Crippen molar-refractivity contribution in [2.45, 2.75) is 19.4 Å². The third-order valence-corrected chi connectivity index (χ3v) is 6.72. The van der Waals surface area contributed by atoms with Crippen LogP contribution in [0.3, 0.4) is 0 Å². The van der Waals surface area contributed by atoms with Gasteiger partial charge in [0.15, 0.2) is 5.58 Å². The van der Waals surface area contributed by atoms with Crippen LogP contribution in [0.15, 0.2) is 59.1 Å². The third-order valence-electron chi connectivity index (χ3n) is 6.72. The second kappa shape index (κ2) is 8.81. The first-order chi connectivity index (χ1) is 16.5. The molecule has 7 nitrogen and oxygen atoms in total. The normalized spacial score (nSPS) is 15.8. The molecule has 1 fully saturated rings. The summed E-state index contributed by atoms with van der Waals surface area (Å²) in [5, 5.41) is 10.1. The van der Waals surface area contributed by atoms with Crippen molar-refractivity contribution >= 4 is 28.6 Å². The van der Waals surface area contributed by atoms with E-state index in [1.807, 2.05) is 55.3 Å². The standard InChI is InChI=1S/C27H28N6O/c1-18-21(16-28)24-26(34-27(30-24)32(4)22-12-8-9-14-29-22)25(23(18)19-10-6-5-7-11-19)33-15-13-20(17-33)31(2)3/h5-12,14,20H,13,15,17H2,1-4H3. The van der Waals surface area contributed by atoms with Gasteiger partial charge in [0.2, 0.25) is 0 Å². The molecule has 0 spiro atoms. The Hall–Kier alpha value is -3.89. The number of nitrogens with zero attached hydrogens (tertiary/aromatic N) is 6. The molecule has 3 heterocycles. The van der Waals surface area contributed by atoms with Crippen LogP contribution in [0.25, 0.3) is 22.2 Å². The van der Waals surface area contributed by atoms with Crippen LogP contribution in [0.1, 0.15) is 17.5 Å². The number of oxazole rings is 1. The van der Waals surface area contributed by atoms with E-state index in [4.69, 9.17) is 9.40 Å². The number of likely N-dealkylation sites (N-methyl/N-ethyl adjacent to an activating group) is 1. The van der Waals surface area contributed by atoms with Gasteiger partial charge in [0.25, 0.3) is 0 Å². The van der Waals surface area contributed by atoms with Crippen molar-refractivity contribution in [1.82, 2.24) is 14.9 Å². The number of fused-ring (bicyclic) bond motifs is 1. The van der Waals surface area contributed by atoms with Gasteiger partial charge in [0.05, 0.1) is 11.3 Å². The summed E-state index contributed by atoms with van der Waals surface area (Å²) in [7, 11) is 6.13. The summed E-state index contributed by atoms with van der Waals surface area (Å²) in [6, 6.07) is 19.2. The molecule has 0 bridgehead atoms. The van der Waals surface area contributed by atoms with Gasteiger partial charge in [-0.2, -0.15) is 10.2 Å². The van der Waals surface area contributed by atoms with E-state index in [2.05, 4.69) is 47.1 Å². The van der Waals surface area contributed by atoms with E-state index in [1.54, 1.807) is 6.20 Å². The summed E-state index contributed by atoms with van der Waals surface area (Å²) >= 11 is 0. The molecule has 2 aromatic heterocycles. The number of hydrogen-bond donors (Lipinski definition) is 0. The average molecular weight is 453 g/mol. The van der Waals surface area contributed by atoms with E-state index in [0.717, 1.165) is 47.7 Å². The minimum atomic E-state index is 0.416. The van der Waals surface area contributed by atoms with Gasteiger partial charge in [0, 0.05) is 37.9 Å². The summed E-state index contributed by atoms with van der Waals surface area (Å²) in [5.41, 5.74) is 5.83. The minimum absolute atomic E-state index is 0.416. The Labute approximate surface area is 199 Å². The highest BCUT2D eigenvalue weighted by Gasteiger charge is 2.32. The maximum atomic E-state index is 10.1. The zero-order valence-corrected chi connectivity index (χ0v) is 20.0. The SMILES string of the molecule is Cc1c(-c2ccccc2)c(N2CCC(N(C)C)C2)c2oc(N(C)c3ccccn3)nc2c1C#N. The lowest BCUT2D eigenvalue weighted by Gasteiger charge is -2.25. The summed E-state index contributed by atoms with van der Waals surface area (Å²) < 4.78 is 6.45. The lowest BCUT2D eigenvalue weighted by molar-refractivity contribution is 0.315. The maximum absolute atomic E-state index is 10.1. The number of benzene rings is 2. The molecule has 2 aromatic carbocycles. The molecule has 0 radical (unpaired) electrons. The van der Waals surface area contributed by atoms with E-state index in [1.165, 1.54) is 0 Å². The predicted molar refractivity (Wildman–Crippen MR) is 136 cm³/mol. The van der Waals surface area contributed by atoms with Gasteiger partial charge in [-0.1, -0.05) is 36.4 Å². The van der Waals surface area contributed by atoms with Crippen molar-refractivity contribution in [3.63, 3.8) is 0 Å². The first kappa shape index (κ1) is 21.9. The first-order valence-corrected chi connectivity index (χ1v) is 11.5. The highest BCUT2D eigenvalue weighted by molar-refractivity contribution is 6.03. The van der Waals surface area contributed by atoms with E-state index in [9.17, 15) is 5.26 Å². The molecule has 0 N–H and O–H groups in total. The molecular formula is C27H28N6O. The highest BCUT2D eigenvalue weighted by atomic mass is 16.4. The number of hydrogen-bond acceptors (Lipinski definition) is 7. The van der Waals surface area contributed by atoms with Crippen LogP contribution >= 0.6 is 0 Å². The zero-order valence-electron chi connectivity index (χ0n) is 20.0. The van der Waals surface area contributed by atoms with Gasteiger partial charge >= 0.3 is 6.01 Å². The fraction of sp³-hybridized carbons (Fsp3) is 0.296. The average Bonchev–Trinajstić information content (AvgIpc) is 3.52. The lowest BCUT2D eigenvalue weighted by Crippen LogP contribution is -2.31. The fourth-order valence-electron chi connectivity index (χ4n) is 4.79. The van der Waals surface area contributed by atoms with Gasteiger partial charge in [-0.15, -0.1) is 0 Å². The van der Waals surface area contributed by atoms with Crippen molar-refractivity contribution < 1.29 is 4.42 Å². The number of rotatable bonds is 5. The smallest absolute Gasteiger partial charge is 0.304 e. The zero-order chi connectivity index (χ0) is 23.8. The number of pyridine rings is 1. The van der Waals surface area contributed by atoms with Crippen LogP contribution in [0.5, 0.6) is 0 Å². The van der Waals surface area contributed by atoms with E-state index >= 15 is 0 Å². The number of nitriles is 1. The minimum Gasteiger partial charge on any atom is -0.421 e. The molecule has 1 aliphatic heterocycles. The topological polar surface area (TPSA) is 72.4 Å². The van der Waals surface area contributed by atoms with Gasteiger partial charge < -0.3 is 14.2 Å². The Morgan fingerprint density at radius 1 is 1.09 bits per heavy atom. The van der Waals surface area contributed by atoms with Gasteiger partial charge in [0.1, 0.15) is 17.4 Å². The van der Waals surface area contributed by atoms with Crippen LogP contribution in [0, 0.1) is 18.3 Å². The van der Waals surface area contributed by atoms with Crippen LogP contribution in [0.4, 0.5) is 17.5 Å². The molecule has 7 heteroatoms. The lowest BCUT2D eigenvalue weighted by atomic mass is 9.93. The van der Waals surface area contributed by atoms with E-state index < -0.39 is 0 Å². The molecule has 34 heavy (non-hydrogen) atoms. The molecule has 0 aliphatic carbocycles. The number of anilines is 3. The van der Waals surface area contributed by atoms with Gasteiger partial charge in [-0.25, -0.2) is 4.98 Å². The van der Waals surface area contributed by atoms with Crippen LogP contribution in [-0.4, -0.2) is 55.1 Å². The van der Waals surface area contributed by atoms with Gasteiger partial charge in [-0.3, -0.25) is 4.90 Å². The predicted octanol–water partition coefficient (Wildman–Crippen LogP) is 4.98. The highest BCUT2D eigenvalue weighted by Crippen LogP contribution is 2.45. The summed E-state index contributed by atoms with van der Waals surface area (Å²) in [6.45, 7) is 3.81. The Bertz CT molecular complexity index is 1360. The third kappa shape index (κ3) is 3.66. The van der Waals surface area contributed by atoms with Crippen LogP contribution in [0.2, 0.25) is 0 Å². The summed E-state index contributed by atoms with van der Waals surface area (Å²) in [4.78, 5) is 15.7. The second-order valence-corrected chi connectivity index (χ2v) is 8.97. The molecule has 4 aromatic rings. The van der Waals surface area contributed by atoms with Crippen LogP contribution in [-0.2, 0) is 0 Å². The van der Waals surface area contributed by atoms with Crippen molar-refractivity contribution in [3.05, 3.63) is 65.9 Å². The number of aromatic nitrogens is 2. The molecule has 1 saturated heterocycles. The Balaban J connectivity index is 1.77. The summed E-state index contributed by atoms with van der Waals surface area (Å²) in [6.07, 6.45) is 2.81. The molecule has 5 rings (SSSR count). The van der Waals surface area contributed by atoms with Crippen molar-refractivity contribution in [3.8, 4) is 17.2 Å². The molecule has 172 valence electrons. The molecule has 0 saturated carbocycles. The first-order valence-electron chi connectivity index (χ1n) is 11.5. The maximum Gasteiger partial charge on any atom is 0.304 e. The molecular weight excluding hydrogens is 424 g/mol. The largest absolute Gasteiger partial charge is 0.421 e. The molecule has 1 aliphatic rings. The van der Waals surface area contributed by atoms with Crippen molar-refractivity contribution in [2.75, 3.05) is 44.0 Å². The molecule has 1 unspecified atom stereocenters. The fourth-order valence-corrected chi connectivity index (χ4v) is 4.79. The second-order valence-electron chi connectivity index (χ2n) is 8.97. The van der Waals surface area contributed by atoms with Crippen LogP contribution < -0.4 is 9.80 Å². The molecule has 0 amide bonds. The Kier molecular flexibility index (Phi) is 5.68. The summed E-state index contributed by atoms with van der Waals surface area (Å²) in [5.74, 6) is 0.725. The molecule has 1 atom stereocenters. The van der Waals surface area contributed by atoms with E-state index in [-0.39, 0.29) is 0 Å². The Morgan fingerprint density at radius 2 is 1.85 bits per heavy atom. The monoisotopic (exact) mass is 452 g/mol. The van der Waals surface area contributed by atoms with Crippen molar-refractivity contribution in [1.29, 1.82) is 5.26 Å². The van der Waals surface area contributed by atoms with Crippen molar-refractivity contribution in [2.24, 2.45) is 0 Å². The Morgan fingerprint density at radius 3 is 2.50 bits per heavy atom. The van der Waals surface area contributed by atoms with E-state index in [0.29, 0.717) is 28.7 Å². The quantitative estimate of drug-likeness (QED) is 0.423.